The molecule has 11 atom stereocenters. The highest BCUT2D eigenvalue weighted by molar-refractivity contribution is 5.94. The number of aliphatic hydroxyl groups excluding tert-OH is 1. The molecule has 2 aliphatic carbocycles. The molecule has 38 heavy (non-hydrogen) atoms. The number of carbonyl (C=O) groups is 3. The fourth-order valence-corrected chi connectivity index (χ4v) is 9.16. The van der Waals surface area contributed by atoms with Gasteiger partial charge in [-0.05, 0) is 37.2 Å². The molecule has 204 valence electrons. The first-order valence-electron chi connectivity index (χ1n) is 13.2. The number of fused-ring (bicyclic) bond motifs is 1. The zero-order valence-electron chi connectivity index (χ0n) is 21.9. The smallest absolute Gasteiger partial charge is 0.343 e. The maximum Gasteiger partial charge on any atom is 0.343 e. The van der Waals surface area contributed by atoms with Gasteiger partial charge in [0.2, 0.25) is 11.9 Å². The van der Waals surface area contributed by atoms with Gasteiger partial charge in [-0.3, -0.25) is 4.79 Å². The third-order valence-electron chi connectivity index (χ3n) is 10.5. The predicted octanol–water partition coefficient (Wildman–Crippen LogP) is 1.16. The summed E-state index contributed by atoms with van der Waals surface area (Å²) in [6.45, 7) is 9.50. The van der Waals surface area contributed by atoms with Gasteiger partial charge in [0.05, 0.1) is 23.4 Å². The van der Waals surface area contributed by atoms with E-state index >= 15 is 0 Å². The molecule has 2 spiro atoms. The molecule has 10 heteroatoms. The van der Waals surface area contributed by atoms with Crippen LogP contribution in [0.5, 0.6) is 0 Å². The number of esters is 3. The molecule has 0 bridgehead atoms. The summed E-state index contributed by atoms with van der Waals surface area (Å²) in [5, 5.41) is 24.3. The molecule has 0 radical (unpaired) electrons. The van der Waals surface area contributed by atoms with E-state index in [1.807, 2.05) is 52.0 Å². The molecular weight excluding hydrogens is 496 g/mol. The maximum atomic E-state index is 13.8. The van der Waals surface area contributed by atoms with Crippen LogP contribution in [-0.4, -0.2) is 70.0 Å². The van der Waals surface area contributed by atoms with Crippen LogP contribution in [0.3, 0.4) is 0 Å². The number of carbonyl (C=O) groups excluding carboxylic acids is 3. The zero-order valence-corrected chi connectivity index (χ0v) is 21.9. The molecule has 6 aliphatic rings. The maximum absolute atomic E-state index is 13.8. The molecule has 1 aromatic carbocycles. The molecular formula is C28H32O10. The Balaban J connectivity index is 1.45. The van der Waals surface area contributed by atoms with Crippen LogP contribution >= 0.6 is 0 Å². The van der Waals surface area contributed by atoms with E-state index in [0.29, 0.717) is 6.42 Å². The van der Waals surface area contributed by atoms with Gasteiger partial charge in [0.1, 0.15) is 12.2 Å². The van der Waals surface area contributed by atoms with Crippen LogP contribution in [0.4, 0.5) is 0 Å². The molecule has 6 fully saturated rings. The van der Waals surface area contributed by atoms with Crippen LogP contribution in [0.15, 0.2) is 24.3 Å². The van der Waals surface area contributed by atoms with Crippen molar-refractivity contribution in [1.29, 1.82) is 0 Å². The molecule has 0 amide bonds. The molecule has 5 unspecified atom stereocenters. The summed E-state index contributed by atoms with van der Waals surface area (Å²) in [6, 6.07) is 7.68. The number of rotatable bonds is 3. The van der Waals surface area contributed by atoms with E-state index in [1.54, 1.807) is 0 Å². The standard InChI is InChI=1S/C28H32O10/c1-12-6-8-14(9-7-12)11-34-19-21(31)37-23-25(19)15(24(3,4)5)10-16-26(25)17(29)18-27(33,13(2)20(30)36-18)28(26,38-23)22(32)35-16/h6-9,13,15-19,23,29,33H,10-11H2,1-5H3/t13-,15+,16?,17+,18+,19?,23?,25?,26?,27-,28+/m1/s1. The topological polar surface area (TPSA) is 138 Å². The largest absolute Gasteiger partial charge is 0.459 e. The van der Waals surface area contributed by atoms with Crippen molar-refractivity contribution in [2.75, 3.05) is 0 Å². The van der Waals surface area contributed by atoms with Gasteiger partial charge in [-0.1, -0.05) is 50.6 Å². The summed E-state index contributed by atoms with van der Waals surface area (Å²) in [4.78, 5) is 40.0. The Morgan fingerprint density at radius 3 is 2.39 bits per heavy atom. The highest BCUT2D eigenvalue weighted by Gasteiger charge is 3.04. The average Bonchev–Trinajstić information content (AvgIpc) is 3.56. The van der Waals surface area contributed by atoms with Crippen LogP contribution in [0.25, 0.3) is 0 Å². The first-order valence-corrected chi connectivity index (χ1v) is 13.2. The van der Waals surface area contributed by atoms with E-state index in [4.69, 9.17) is 23.7 Å². The van der Waals surface area contributed by atoms with Gasteiger partial charge in [0.25, 0.3) is 0 Å². The summed E-state index contributed by atoms with van der Waals surface area (Å²) < 4.78 is 30.0. The van der Waals surface area contributed by atoms with E-state index in [9.17, 15) is 24.6 Å². The normalized spacial score (nSPS) is 49.9. The highest BCUT2D eigenvalue weighted by atomic mass is 16.8. The molecule has 4 saturated heterocycles. The van der Waals surface area contributed by atoms with E-state index in [0.717, 1.165) is 11.1 Å². The summed E-state index contributed by atoms with van der Waals surface area (Å²) in [5.74, 6) is -3.88. The monoisotopic (exact) mass is 528 g/mol. The van der Waals surface area contributed by atoms with E-state index in [-0.39, 0.29) is 6.61 Å². The lowest BCUT2D eigenvalue weighted by molar-refractivity contribution is -0.240. The van der Waals surface area contributed by atoms with Crippen LogP contribution in [-0.2, 0) is 44.7 Å². The molecule has 2 N–H and O–H groups in total. The Morgan fingerprint density at radius 1 is 1.05 bits per heavy atom. The van der Waals surface area contributed by atoms with Crippen molar-refractivity contribution >= 4 is 17.9 Å². The number of aryl methyl sites for hydroxylation is 1. The molecule has 4 aliphatic heterocycles. The lowest BCUT2D eigenvalue weighted by Gasteiger charge is -2.48. The van der Waals surface area contributed by atoms with Crippen LogP contribution in [0, 0.1) is 35.0 Å². The van der Waals surface area contributed by atoms with Crippen molar-refractivity contribution in [3.63, 3.8) is 0 Å². The molecule has 10 nitrogen and oxygen atoms in total. The number of aliphatic hydroxyl groups is 2. The first-order chi connectivity index (χ1) is 17.8. The van der Waals surface area contributed by atoms with Crippen molar-refractivity contribution in [3.8, 4) is 0 Å². The van der Waals surface area contributed by atoms with Crippen molar-refractivity contribution in [3.05, 3.63) is 35.4 Å². The number of benzene rings is 1. The van der Waals surface area contributed by atoms with E-state index in [1.165, 1.54) is 6.92 Å². The third kappa shape index (κ3) is 2.21. The van der Waals surface area contributed by atoms with Crippen LogP contribution in [0.1, 0.15) is 45.2 Å². The zero-order chi connectivity index (χ0) is 27.2. The van der Waals surface area contributed by atoms with E-state index < -0.39 is 87.9 Å². The predicted molar refractivity (Wildman–Crippen MR) is 126 cm³/mol. The van der Waals surface area contributed by atoms with Gasteiger partial charge in [-0.15, -0.1) is 0 Å². The Kier molecular flexibility index (Phi) is 4.49. The van der Waals surface area contributed by atoms with Crippen molar-refractivity contribution in [2.24, 2.45) is 28.1 Å². The molecule has 0 aromatic heterocycles. The molecule has 7 rings (SSSR count). The lowest BCUT2D eigenvalue weighted by Crippen LogP contribution is -2.67. The van der Waals surface area contributed by atoms with Crippen LogP contribution < -0.4 is 0 Å². The summed E-state index contributed by atoms with van der Waals surface area (Å²) >= 11 is 0. The molecule has 1 aromatic rings. The fourth-order valence-electron chi connectivity index (χ4n) is 9.16. The van der Waals surface area contributed by atoms with Gasteiger partial charge >= 0.3 is 17.9 Å². The van der Waals surface area contributed by atoms with Crippen LogP contribution in [0.2, 0.25) is 0 Å². The van der Waals surface area contributed by atoms with Gasteiger partial charge in [0.15, 0.2) is 17.8 Å². The second kappa shape index (κ2) is 6.96. The van der Waals surface area contributed by atoms with E-state index in [2.05, 4.69) is 0 Å². The quantitative estimate of drug-likeness (QED) is 0.434. The number of hydrogen-bond donors (Lipinski definition) is 2. The van der Waals surface area contributed by atoms with Gasteiger partial charge < -0.3 is 33.9 Å². The highest BCUT2D eigenvalue weighted by Crippen LogP contribution is 2.84. The Bertz CT molecular complexity index is 1270. The Hall–Kier alpha value is -2.53. The SMILES string of the molecule is Cc1ccc(COC2C(=O)OC3O[C@@]45C(=O)OC6C[C@@H](C(C)(C)C)C32C64[C@@H](O)[C@@H]2OC(=O)[C@@H](C)[C@@]25O)cc1. The van der Waals surface area contributed by atoms with Gasteiger partial charge in [-0.2, -0.15) is 0 Å². The van der Waals surface area contributed by atoms with Crippen molar-refractivity contribution in [2.45, 2.75) is 89.6 Å². The lowest BCUT2D eigenvalue weighted by atomic mass is 9.51. The van der Waals surface area contributed by atoms with Crippen molar-refractivity contribution in [1.82, 2.24) is 0 Å². The molecule has 2 saturated carbocycles. The minimum Gasteiger partial charge on any atom is -0.459 e. The van der Waals surface area contributed by atoms with Gasteiger partial charge in [0, 0.05) is 0 Å². The third-order valence-corrected chi connectivity index (χ3v) is 10.5. The summed E-state index contributed by atoms with van der Waals surface area (Å²) in [7, 11) is 0. The Labute approximate surface area is 219 Å². The fraction of sp³-hybridized carbons (Fsp3) is 0.679. The molecule has 4 heterocycles. The number of hydrogen-bond acceptors (Lipinski definition) is 10. The van der Waals surface area contributed by atoms with Crippen molar-refractivity contribution < 1.29 is 48.3 Å². The van der Waals surface area contributed by atoms with Gasteiger partial charge in [-0.25, -0.2) is 9.59 Å². The first kappa shape index (κ1) is 24.5. The summed E-state index contributed by atoms with van der Waals surface area (Å²) in [6.07, 6.45) is -6.18. The number of ether oxygens (including phenoxy) is 5. The Morgan fingerprint density at radius 2 is 1.74 bits per heavy atom. The minimum atomic E-state index is -2.23. The average molecular weight is 529 g/mol. The second-order valence-electron chi connectivity index (χ2n) is 12.9. The minimum absolute atomic E-state index is 0.0725. The summed E-state index contributed by atoms with van der Waals surface area (Å²) in [5.41, 5.74) is -6.05. The second-order valence-corrected chi connectivity index (χ2v) is 12.9.